The summed E-state index contributed by atoms with van der Waals surface area (Å²) in [5.41, 5.74) is 3.66. The molecule has 0 heterocycles. The number of rotatable bonds is 4. The zero-order valence-electron chi connectivity index (χ0n) is 10.4. The summed E-state index contributed by atoms with van der Waals surface area (Å²) < 4.78 is 0. The van der Waals surface area contributed by atoms with Gasteiger partial charge in [0, 0.05) is 5.69 Å². The van der Waals surface area contributed by atoms with Crippen LogP contribution in [0.3, 0.4) is 0 Å². The Morgan fingerprint density at radius 1 is 1.18 bits per heavy atom. The standard InChI is InChI=1S/C16H18N/c1-3-16(14-9-5-4-6-10-14)17-15-11-7-8-13(2)12-15/h4-7,9-12,16-17H,3H2,1-2H3. The lowest BCUT2D eigenvalue weighted by molar-refractivity contribution is 0.749. The smallest absolute Gasteiger partial charge is 0.0511 e. The second-order valence-corrected chi connectivity index (χ2v) is 4.28. The van der Waals surface area contributed by atoms with Crippen LogP contribution in [-0.2, 0) is 0 Å². The van der Waals surface area contributed by atoms with Crippen LogP contribution in [0, 0.1) is 13.0 Å². The Hall–Kier alpha value is -1.76. The van der Waals surface area contributed by atoms with Gasteiger partial charge in [-0.2, -0.15) is 0 Å². The molecule has 0 bridgehead atoms. The van der Waals surface area contributed by atoms with Crippen molar-refractivity contribution in [2.75, 3.05) is 5.32 Å². The van der Waals surface area contributed by atoms with E-state index in [0.29, 0.717) is 6.04 Å². The van der Waals surface area contributed by atoms with E-state index in [0.717, 1.165) is 17.7 Å². The minimum absolute atomic E-state index is 0.373. The average molecular weight is 224 g/mol. The summed E-state index contributed by atoms with van der Waals surface area (Å²) in [5, 5.41) is 3.57. The molecule has 1 atom stereocenters. The first-order valence-electron chi connectivity index (χ1n) is 6.09. The molecule has 0 amide bonds. The lowest BCUT2D eigenvalue weighted by atomic mass is 10.0. The molecule has 0 fully saturated rings. The minimum Gasteiger partial charge on any atom is -0.378 e. The van der Waals surface area contributed by atoms with Crippen LogP contribution in [0.2, 0.25) is 0 Å². The van der Waals surface area contributed by atoms with Gasteiger partial charge in [0.1, 0.15) is 0 Å². The summed E-state index contributed by atoms with van der Waals surface area (Å²) in [6.45, 7) is 4.27. The fourth-order valence-electron chi connectivity index (χ4n) is 1.98. The van der Waals surface area contributed by atoms with Crippen LogP contribution in [0.1, 0.15) is 30.5 Å². The van der Waals surface area contributed by atoms with Gasteiger partial charge in [-0.1, -0.05) is 43.3 Å². The molecule has 0 aromatic heterocycles. The van der Waals surface area contributed by atoms with Gasteiger partial charge in [-0.25, -0.2) is 0 Å². The monoisotopic (exact) mass is 224 g/mol. The van der Waals surface area contributed by atoms with Crippen molar-refractivity contribution in [3.63, 3.8) is 0 Å². The molecule has 87 valence electrons. The molecule has 1 heteroatoms. The predicted molar refractivity (Wildman–Crippen MR) is 73.1 cm³/mol. The Morgan fingerprint density at radius 3 is 2.59 bits per heavy atom. The Labute approximate surface area is 103 Å². The third kappa shape index (κ3) is 3.10. The van der Waals surface area contributed by atoms with Gasteiger partial charge >= 0.3 is 0 Å². The Morgan fingerprint density at radius 2 is 1.94 bits per heavy atom. The van der Waals surface area contributed by atoms with Crippen molar-refractivity contribution < 1.29 is 0 Å². The molecule has 2 rings (SSSR count). The van der Waals surface area contributed by atoms with E-state index in [1.54, 1.807) is 0 Å². The van der Waals surface area contributed by atoms with Crippen LogP contribution in [0.4, 0.5) is 5.69 Å². The molecule has 0 spiro atoms. The number of nitrogens with one attached hydrogen (secondary N) is 1. The average Bonchev–Trinajstić information content (AvgIpc) is 2.37. The highest BCUT2D eigenvalue weighted by Crippen LogP contribution is 2.22. The summed E-state index contributed by atoms with van der Waals surface area (Å²) in [6.07, 6.45) is 1.07. The number of hydrogen-bond acceptors (Lipinski definition) is 1. The van der Waals surface area contributed by atoms with Gasteiger partial charge in [0.15, 0.2) is 0 Å². The fraction of sp³-hybridized carbons (Fsp3) is 0.250. The Kier molecular flexibility index (Phi) is 3.81. The van der Waals surface area contributed by atoms with E-state index in [4.69, 9.17) is 0 Å². The molecular formula is C16H18N. The van der Waals surface area contributed by atoms with Crippen molar-refractivity contribution in [2.45, 2.75) is 26.3 Å². The van der Waals surface area contributed by atoms with Gasteiger partial charge in [-0.3, -0.25) is 0 Å². The van der Waals surface area contributed by atoms with Crippen molar-refractivity contribution in [1.82, 2.24) is 0 Å². The second kappa shape index (κ2) is 5.53. The molecule has 1 N–H and O–H groups in total. The summed E-state index contributed by atoms with van der Waals surface area (Å²) in [4.78, 5) is 0. The van der Waals surface area contributed by atoms with Crippen molar-refractivity contribution >= 4 is 5.69 Å². The molecular weight excluding hydrogens is 206 g/mol. The van der Waals surface area contributed by atoms with Crippen LogP contribution < -0.4 is 5.32 Å². The van der Waals surface area contributed by atoms with E-state index in [-0.39, 0.29) is 0 Å². The molecule has 0 aliphatic heterocycles. The van der Waals surface area contributed by atoms with Gasteiger partial charge in [0.2, 0.25) is 0 Å². The first-order valence-corrected chi connectivity index (χ1v) is 6.09. The van der Waals surface area contributed by atoms with Gasteiger partial charge in [0.05, 0.1) is 6.04 Å². The topological polar surface area (TPSA) is 12.0 Å². The molecule has 0 saturated heterocycles. The zero-order chi connectivity index (χ0) is 12.1. The van der Waals surface area contributed by atoms with Crippen LogP contribution in [-0.4, -0.2) is 0 Å². The Balaban J connectivity index is 2.16. The van der Waals surface area contributed by atoms with Gasteiger partial charge < -0.3 is 5.32 Å². The summed E-state index contributed by atoms with van der Waals surface area (Å²) in [6, 6.07) is 20.3. The van der Waals surface area contributed by atoms with E-state index in [1.807, 2.05) is 6.07 Å². The largest absolute Gasteiger partial charge is 0.378 e. The van der Waals surface area contributed by atoms with Gasteiger partial charge in [0.25, 0.3) is 0 Å². The Bertz CT molecular complexity index is 462. The molecule has 2 aromatic carbocycles. The van der Waals surface area contributed by atoms with Gasteiger partial charge in [-0.05, 0) is 42.7 Å². The van der Waals surface area contributed by atoms with Crippen molar-refractivity contribution in [1.29, 1.82) is 0 Å². The normalized spacial score (nSPS) is 12.1. The first-order chi connectivity index (χ1) is 8.29. The molecule has 0 aliphatic carbocycles. The molecule has 0 aliphatic rings. The zero-order valence-corrected chi connectivity index (χ0v) is 10.4. The van der Waals surface area contributed by atoms with Crippen molar-refractivity contribution in [3.05, 3.63) is 65.7 Å². The molecule has 2 aromatic rings. The summed E-state index contributed by atoms with van der Waals surface area (Å²) in [5.74, 6) is 0. The predicted octanol–water partition coefficient (Wildman–Crippen LogP) is 4.36. The van der Waals surface area contributed by atoms with Crippen LogP contribution in [0.15, 0.2) is 48.5 Å². The highest BCUT2D eigenvalue weighted by atomic mass is 14.9. The maximum atomic E-state index is 3.57. The number of benzene rings is 2. The molecule has 1 radical (unpaired) electrons. The molecule has 17 heavy (non-hydrogen) atoms. The van der Waals surface area contributed by atoms with Crippen LogP contribution in [0.25, 0.3) is 0 Å². The quantitative estimate of drug-likeness (QED) is 0.813. The summed E-state index contributed by atoms with van der Waals surface area (Å²) in [7, 11) is 0. The fourth-order valence-corrected chi connectivity index (χ4v) is 1.98. The minimum atomic E-state index is 0.373. The highest BCUT2D eigenvalue weighted by Gasteiger charge is 2.07. The van der Waals surface area contributed by atoms with E-state index in [1.165, 1.54) is 5.56 Å². The van der Waals surface area contributed by atoms with E-state index in [2.05, 4.69) is 67.7 Å². The molecule has 1 unspecified atom stereocenters. The summed E-state index contributed by atoms with van der Waals surface area (Å²) >= 11 is 0. The third-order valence-electron chi connectivity index (χ3n) is 2.90. The SMILES string of the molecule is CCC(Nc1cc[c]c(C)c1)c1ccccc1. The van der Waals surface area contributed by atoms with Crippen LogP contribution in [0.5, 0.6) is 0 Å². The van der Waals surface area contributed by atoms with E-state index in [9.17, 15) is 0 Å². The molecule has 0 saturated carbocycles. The number of anilines is 1. The van der Waals surface area contributed by atoms with Crippen molar-refractivity contribution in [2.24, 2.45) is 0 Å². The van der Waals surface area contributed by atoms with Gasteiger partial charge in [-0.15, -0.1) is 0 Å². The first kappa shape index (κ1) is 11.7. The maximum Gasteiger partial charge on any atom is 0.0511 e. The van der Waals surface area contributed by atoms with E-state index < -0.39 is 0 Å². The number of hydrogen-bond donors (Lipinski definition) is 1. The molecule has 1 nitrogen and oxygen atoms in total. The second-order valence-electron chi connectivity index (χ2n) is 4.28. The highest BCUT2D eigenvalue weighted by molar-refractivity contribution is 5.47. The lowest BCUT2D eigenvalue weighted by Gasteiger charge is -2.19. The lowest BCUT2D eigenvalue weighted by Crippen LogP contribution is -2.09. The number of aryl methyl sites for hydroxylation is 1. The van der Waals surface area contributed by atoms with Crippen molar-refractivity contribution in [3.8, 4) is 0 Å². The van der Waals surface area contributed by atoms with E-state index >= 15 is 0 Å². The third-order valence-corrected chi connectivity index (χ3v) is 2.90. The van der Waals surface area contributed by atoms with Crippen LogP contribution >= 0.6 is 0 Å². The maximum absolute atomic E-state index is 3.57.